The van der Waals surface area contributed by atoms with Crippen molar-refractivity contribution in [3.8, 4) is 5.75 Å². The summed E-state index contributed by atoms with van der Waals surface area (Å²) in [5.74, 6) is 2.05. The average Bonchev–Trinajstić information content (AvgIpc) is 2.67. The number of benzene rings is 2. The van der Waals surface area contributed by atoms with Gasteiger partial charge in [0.2, 0.25) is 0 Å². The van der Waals surface area contributed by atoms with Crippen LogP contribution in [0.15, 0.2) is 59.6 Å². The molecular weight excluding hydrogens is 316 g/mol. The van der Waals surface area contributed by atoms with Crippen molar-refractivity contribution >= 4 is 16.9 Å². The van der Waals surface area contributed by atoms with Crippen molar-refractivity contribution in [1.82, 2.24) is 4.90 Å². The van der Waals surface area contributed by atoms with E-state index in [1.165, 1.54) is 17.5 Å². The zero-order valence-corrected chi connectivity index (χ0v) is 15.1. The summed E-state index contributed by atoms with van der Waals surface area (Å²) in [6.45, 7) is 4.02. The molecule has 0 saturated carbocycles. The van der Waals surface area contributed by atoms with Gasteiger partial charge in [-0.05, 0) is 36.6 Å². The molecule has 0 bridgehead atoms. The number of nitrogens with zero attached hydrogens (tertiary/aromatic N) is 2. The van der Waals surface area contributed by atoms with Crippen LogP contribution < -0.4 is 4.74 Å². The van der Waals surface area contributed by atoms with Gasteiger partial charge in [0, 0.05) is 18.8 Å². The molecule has 1 unspecified atom stereocenters. The molecule has 0 saturated heterocycles. The number of methoxy groups -OCH3 is 1. The topological polar surface area (TPSA) is 24.8 Å². The van der Waals surface area contributed by atoms with Crippen molar-refractivity contribution in [2.24, 2.45) is 4.99 Å². The SMILES string of the molecule is COc1cccc(CN(C2=NCCCS2)C(C)c2ccccc2)c1. The molecule has 4 heteroatoms. The lowest BCUT2D eigenvalue weighted by atomic mass is 10.1. The molecule has 1 aliphatic rings. The minimum Gasteiger partial charge on any atom is -0.497 e. The zero-order valence-electron chi connectivity index (χ0n) is 14.3. The number of aliphatic imine (C=N–C) groups is 1. The third-order valence-corrected chi connectivity index (χ3v) is 5.38. The highest BCUT2D eigenvalue weighted by Gasteiger charge is 2.22. The summed E-state index contributed by atoms with van der Waals surface area (Å²) >= 11 is 1.87. The van der Waals surface area contributed by atoms with Gasteiger partial charge in [-0.15, -0.1) is 0 Å². The van der Waals surface area contributed by atoms with Crippen molar-refractivity contribution in [2.75, 3.05) is 19.4 Å². The highest BCUT2D eigenvalue weighted by molar-refractivity contribution is 8.13. The first kappa shape index (κ1) is 16.9. The molecule has 0 spiro atoms. The van der Waals surface area contributed by atoms with Crippen LogP contribution in [0.25, 0.3) is 0 Å². The van der Waals surface area contributed by atoms with Gasteiger partial charge < -0.3 is 9.64 Å². The molecule has 3 nitrogen and oxygen atoms in total. The summed E-state index contributed by atoms with van der Waals surface area (Å²) < 4.78 is 5.37. The summed E-state index contributed by atoms with van der Waals surface area (Å²) in [7, 11) is 1.71. The van der Waals surface area contributed by atoms with Gasteiger partial charge in [0.15, 0.2) is 5.17 Å². The summed E-state index contributed by atoms with van der Waals surface area (Å²) in [4.78, 5) is 7.20. The van der Waals surface area contributed by atoms with Crippen LogP contribution in [0.5, 0.6) is 5.75 Å². The van der Waals surface area contributed by atoms with Gasteiger partial charge in [0.05, 0.1) is 13.2 Å². The maximum absolute atomic E-state index is 5.37. The Balaban J connectivity index is 1.88. The third-order valence-electron chi connectivity index (χ3n) is 4.26. The minimum absolute atomic E-state index is 0.279. The van der Waals surface area contributed by atoms with Crippen molar-refractivity contribution in [2.45, 2.75) is 25.9 Å². The van der Waals surface area contributed by atoms with Gasteiger partial charge in [-0.3, -0.25) is 4.99 Å². The van der Waals surface area contributed by atoms with E-state index in [2.05, 4.69) is 60.4 Å². The van der Waals surface area contributed by atoms with Crippen molar-refractivity contribution in [3.05, 3.63) is 65.7 Å². The normalized spacial score (nSPS) is 15.5. The molecular formula is C20H24N2OS. The molecule has 0 aliphatic carbocycles. The Morgan fingerprint density at radius 1 is 1.17 bits per heavy atom. The standard InChI is InChI=1S/C20H24N2OS/c1-16(18-9-4-3-5-10-18)22(20-21-12-7-13-24-20)15-17-8-6-11-19(14-17)23-2/h3-6,8-11,14,16H,7,12-13,15H2,1-2H3. The Labute approximate surface area is 148 Å². The van der Waals surface area contributed by atoms with Crippen LogP contribution in [0, 0.1) is 0 Å². The molecule has 24 heavy (non-hydrogen) atoms. The monoisotopic (exact) mass is 340 g/mol. The van der Waals surface area contributed by atoms with E-state index in [1.54, 1.807) is 7.11 Å². The van der Waals surface area contributed by atoms with Gasteiger partial charge in [-0.1, -0.05) is 54.2 Å². The van der Waals surface area contributed by atoms with Crippen LogP contribution >= 0.6 is 11.8 Å². The van der Waals surface area contributed by atoms with Crippen LogP contribution in [-0.2, 0) is 6.54 Å². The van der Waals surface area contributed by atoms with Crippen molar-refractivity contribution in [1.29, 1.82) is 0 Å². The molecule has 126 valence electrons. The van der Waals surface area contributed by atoms with Gasteiger partial charge in [-0.25, -0.2) is 0 Å². The fourth-order valence-electron chi connectivity index (χ4n) is 2.87. The van der Waals surface area contributed by atoms with E-state index < -0.39 is 0 Å². The lowest BCUT2D eigenvalue weighted by molar-refractivity contribution is 0.333. The summed E-state index contributed by atoms with van der Waals surface area (Å²) in [5.41, 5.74) is 2.56. The van der Waals surface area contributed by atoms with Crippen LogP contribution in [0.4, 0.5) is 0 Å². The van der Waals surface area contributed by atoms with E-state index in [9.17, 15) is 0 Å². The molecule has 1 atom stereocenters. The molecule has 3 rings (SSSR count). The first-order valence-electron chi connectivity index (χ1n) is 8.39. The maximum Gasteiger partial charge on any atom is 0.159 e. The maximum atomic E-state index is 5.37. The predicted molar refractivity (Wildman–Crippen MR) is 103 cm³/mol. The van der Waals surface area contributed by atoms with Crippen molar-refractivity contribution < 1.29 is 4.74 Å². The predicted octanol–water partition coefficient (Wildman–Crippen LogP) is 4.75. The average molecular weight is 340 g/mol. The smallest absolute Gasteiger partial charge is 0.159 e. The number of thioether (sulfide) groups is 1. The first-order valence-corrected chi connectivity index (χ1v) is 9.38. The van der Waals surface area contributed by atoms with Crippen LogP contribution in [0.2, 0.25) is 0 Å². The second-order valence-electron chi connectivity index (χ2n) is 5.93. The Kier molecular flexibility index (Phi) is 5.81. The highest BCUT2D eigenvalue weighted by Crippen LogP contribution is 2.28. The number of ether oxygens (including phenoxy) is 1. The molecule has 0 fully saturated rings. The summed E-state index contributed by atoms with van der Waals surface area (Å²) in [6.07, 6.45) is 1.17. The summed E-state index contributed by atoms with van der Waals surface area (Å²) in [5, 5.41) is 1.15. The molecule has 1 heterocycles. The van der Waals surface area contributed by atoms with Gasteiger partial charge in [0.1, 0.15) is 5.75 Å². The summed E-state index contributed by atoms with van der Waals surface area (Å²) in [6, 6.07) is 19.2. The Morgan fingerprint density at radius 2 is 2.00 bits per heavy atom. The Bertz CT molecular complexity index is 687. The second kappa shape index (κ2) is 8.25. The number of hydrogen-bond acceptors (Lipinski definition) is 4. The molecule has 0 radical (unpaired) electrons. The number of amidine groups is 1. The molecule has 0 aromatic heterocycles. The molecule has 2 aromatic carbocycles. The third kappa shape index (κ3) is 4.12. The van der Waals surface area contributed by atoms with E-state index in [0.29, 0.717) is 0 Å². The second-order valence-corrected chi connectivity index (χ2v) is 6.99. The Morgan fingerprint density at radius 3 is 2.71 bits per heavy atom. The Hall–Kier alpha value is -1.94. The minimum atomic E-state index is 0.279. The molecule has 0 amide bonds. The zero-order chi connectivity index (χ0) is 16.8. The molecule has 1 aliphatic heterocycles. The van der Waals surface area contributed by atoms with E-state index in [0.717, 1.165) is 29.8 Å². The van der Waals surface area contributed by atoms with Gasteiger partial charge in [0.25, 0.3) is 0 Å². The fourth-order valence-corrected chi connectivity index (χ4v) is 3.90. The van der Waals surface area contributed by atoms with E-state index >= 15 is 0 Å². The van der Waals surface area contributed by atoms with Gasteiger partial charge in [-0.2, -0.15) is 0 Å². The highest BCUT2D eigenvalue weighted by atomic mass is 32.2. The fraction of sp³-hybridized carbons (Fsp3) is 0.350. The quantitative estimate of drug-likeness (QED) is 0.785. The number of rotatable bonds is 5. The molecule has 0 N–H and O–H groups in total. The van der Waals surface area contributed by atoms with Crippen molar-refractivity contribution in [3.63, 3.8) is 0 Å². The largest absolute Gasteiger partial charge is 0.497 e. The lowest BCUT2D eigenvalue weighted by Crippen LogP contribution is -2.33. The van der Waals surface area contributed by atoms with Crippen LogP contribution in [-0.4, -0.2) is 29.5 Å². The van der Waals surface area contributed by atoms with Gasteiger partial charge >= 0.3 is 0 Å². The number of hydrogen-bond donors (Lipinski definition) is 0. The van der Waals surface area contributed by atoms with Crippen LogP contribution in [0.1, 0.15) is 30.5 Å². The lowest BCUT2D eigenvalue weighted by Gasteiger charge is -2.33. The van der Waals surface area contributed by atoms with E-state index in [4.69, 9.17) is 9.73 Å². The molecule has 2 aromatic rings. The first-order chi connectivity index (χ1) is 11.8. The van der Waals surface area contributed by atoms with E-state index in [-0.39, 0.29) is 6.04 Å². The van der Waals surface area contributed by atoms with E-state index in [1.807, 2.05) is 17.8 Å². The van der Waals surface area contributed by atoms with Crippen LogP contribution in [0.3, 0.4) is 0 Å².